The van der Waals surface area contributed by atoms with Crippen molar-refractivity contribution in [2.45, 2.75) is 27.2 Å². The highest BCUT2D eigenvalue weighted by Crippen LogP contribution is 2.28. The smallest absolute Gasteiger partial charge is 0.186 e. The van der Waals surface area contributed by atoms with Crippen LogP contribution in [0.15, 0.2) is 36.9 Å². The summed E-state index contributed by atoms with van der Waals surface area (Å²) in [5.74, 6) is 0.0328. The van der Waals surface area contributed by atoms with Crippen molar-refractivity contribution >= 4 is 29.2 Å². The van der Waals surface area contributed by atoms with Gasteiger partial charge in [-0.15, -0.1) is 0 Å². The summed E-state index contributed by atoms with van der Waals surface area (Å²) in [5.41, 5.74) is 0.941. The Labute approximate surface area is 129 Å². The molecule has 0 amide bonds. The molecular weight excluding hydrogens is 286 g/mol. The number of nitrogens with zero attached hydrogens (tertiary/aromatic N) is 3. The quantitative estimate of drug-likeness (QED) is 0.786. The fraction of sp³-hybridized carbons (Fsp3) is 0.312. The van der Waals surface area contributed by atoms with Crippen LogP contribution in [0.2, 0.25) is 5.02 Å². The molecule has 0 fully saturated rings. The topological polar surface area (TPSA) is 47.8 Å². The highest BCUT2D eigenvalue weighted by molar-refractivity contribution is 6.30. The van der Waals surface area contributed by atoms with Crippen LogP contribution in [0.1, 0.15) is 32.8 Å². The first-order valence-electron chi connectivity index (χ1n) is 6.81. The summed E-state index contributed by atoms with van der Waals surface area (Å²) in [6.07, 6.45) is 5.51. The van der Waals surface area contributed by atoms with E-state index < -0.39 is 5.41 Å². The van der Waals surface area contributed by atoms with Gasteiger partial charge in [-0.05, 0) is 30.2 Å². The fourth-order valence-electron chi connectivity index (χ4n) is 1.79. The summed E-state index contributed by atoms with van der Waals surface area (Å²) >= 11 is 5.89. The molecule has 110 valence electrons. The van der Waals surface area contributed by atoms with Crippen molar-refractivity contribution in [2.24, 2.45) is 5.41 Å². The third-order valence-corrected chi connectivity index (χ3v) is 3.82. The molecule has 2 rings (SSSR count). The molecule has 0 spiro atoms. The Morgan fingerprint density at radius 3 is 2.52 bits per heavy atom. The minimum Gasteiger partial charge on any atom is -0.292 e. The number of carbonyl (C=O) groups is 1. The van der Waals surface area contributed by atoms with E-state index in [4.69, 9.17) is 11.6 Å². The van der Waals surface area contributed by atoms with Gasteiger partial charge >= 0.3 is 0 Å². The maximum absolute atomic E-state index is 12.8. The van der Waals surface area contributed by atoms with Gasteiger partial charge in [0.25, 0.3) is 0 Å². The van der Waals surface area contributed by atoms with Gasteiger partial charge < -0.3 is 0 Å². The largest absolute Gasteiger partial charge is 0.292 e. The molecule has 0 bridgehead atoms. The van der Waals surface area contributed by atoms with Crippen LogP contribution in [0.25, 0.3) is 11.8 Å². The molecule has 0 aliphatic heterocycles. The van der Waals surface area contributed by atoms with Crippen LogP contribution in [0.5, 0.6) is 0 Å². The van der Waals surface area contributed by atoms with Crippen molar-refractivity contribution in [2.75, 3.05) is 0 Å². The number of aromatic nitrogens is 3. The summed E-state index contributed by atoms with van der Waals surface area (Å²) in [7, 11) is 0. The Morgan fingerprint density at radius 1 is 1.33 bits per heavy atom. The van der Waals surface area contributed by atoms with E-state index in [1.54, 1.807) is 12.1 Å². The zero-order valence-electron chi connectivity index (χ0n) is 12.4. The molecule has 0 unspecified atom stereocenters. The lowest BCUT2D eigenvalue weighted by atomic mass is 9.83. The van der Waals surface area contributed by atoms with Crippen LogP contribution in [0.4, 0.5) is 0 Å². The van der Waals surface area contributed by atoms with E-state index in [1.807, 2.05) is 39.0 Å². The lowest BCUT2D eigenvalue weighted by Gasteiger charge is -2.22. The van der Waals surface area contributed by atoms with Crippen molar-refractivity contribution in [3.8, 4) is 0 Å². The Bertz CT molecular complexity index is 643. The monoisotopic (exact) mass is 303 g/mol. The first kappa shape index (κ1) is 15.4. The number of carbonyl (C=O) groups excluding carboxylic acids is 1. The molecule has 1 aromatic carbocycles. The molecule has 0 atom stereocenters. The molecule has 0 N–H and O–H groups in total. The fourth-order valence-corrected chi connectivity index (χ4v) is 1.92. The summed E-state index contributed by atoms with van der Waals surface area (Å²) < 4.78 is 1.51. The molecule has 1 heterocycles. The molecule has 0 radical (unpaired) electrons. The standard InChI is InChI=1S/C16H18ClN3O/c1-4-16(2,3)15(21)14(20-11-18-10-19-20)9-12-5-7-13(17)8-6-12/h5-11H,4H2,1-3H3. The maximum Gasteiger partial charge on any atom is 0.186 e. The normalized spacial score (nSPS) is 12.5. The molecule has 0 aliphatic carbocycles. The third kappa shape index (κ3) is 3.58. The van der Waals surface area contributed by atoms with Gasteiger partial charge in [-0.3, -0.25) is 4.79 Å². The van der Waals surface area contributed by atoms with Gasteiger partial charge in [0.1, 0.15) is 18.4 Å². The van der Waals surface area contributed by atoms with E-state index in [-0.39, 0.29) is 5.78 Å². The van der Waals surface area contributed by atoms with E-state index in [0.717, 1.165) is 12.0 Å². The number of halogens is 1. The molecule has 0 saturated heterocycles. The van der Waals surface area contributed by atoms with Gasteiger partial charge in [-0.25, -0.2) is 9.67 Å². The SMILES string of the molecule is CCC(C)(C)C(=O)C(=Cc1ccc(Cl)cc1)n1cncn1. The van der Waals surface area contributed by atoms with Gasteiger partial charge in [-0.2, -0.15) is 5.10 Å². The number of Topliss-reactive ketones (excluding diaryl/α,β-unsaturated/α-hetero) is 1. The van der Waals surface area contributed by atoms with Gasteiger partial charge in [-0.1, -0.05) is 44.5 Å². The van der Waals surface area contributed by atoms with E-state index in [9.17, 15) is 4.79 Å². The second-order valence-electron chi connectivity index (χ2n) is 5.49. The van der Waals surface area contributed by atoms with E-state index in [0.29, 0.717) is 10.7 Å². The lowest BCUT2D eigenvalue weighted by Crippen LogP contribution is -2.26. The number of benzene rings is 1. The third-order valence-electron chi connectivity index (χ3n) is 3.57. The van der Waals surface area contributed by atoms with Gasteiger partial charge in [0.15, 0.2) is 5.78 Å². The summed E-state index contributed by atoms with van der Waals surface area (Å²) in [5, 5.41) is 4.75. The van der Waals surface area contributed by atoms with E-state index >= 15 is 0 Å². The van der Waals surface area contributed by atoms with Crippen molar-refractivity contribution in [3.05, 3.63) is 47.5 Å². The molecule has 2 aromatic rings. The van der Waals surface area contributed by atoms with Crippen molar-refractivity contribution in [1.82, 2.24) is 14.8 Å². The van der Waals surface area contributed by atoms with Crippen molar-refractivity contribution < 1.29 is 4.79 Å². The summed E-state index contributed by atoms with van der Waals surface area (Å²) in [6.45, 7) is 5.86. The molecular formula is C16H18ClN3O. The van der Waals surface area contributed by atoms with Crippen molar-refractivity contribution in [1.29, 1.82) is 0 Å². The first-order valence-corrected chi connectivity index (χ1v) is 7.19. The predicted molar refractivity (Wildman–Crippen MR) is 84.7 cm³/mol. The molecule has 1 aromatic heterocycles. The van der Waals surface area contributed by atoms with Gasteiger partial charge in [0, 0.05) is 10.4 Å². The van der Waals surface area contributed by atoms with Crippen LogP contribution in [-0.2, 0) is 4.79 Å². The second-order valence-corrected chi connectivity index (χ2v) is 5.92. The molecule has 4 nitrogen and oxygen atoms in total. The minimum atomic E-state index is -0.454. The zero-order valence-corrected chi connectivity index (χ0v) is 13.1. The number of rotatable bonds is 5. The van der Waals surface area contributed by atoms with Crippen LogP contribution in [0, 0.1) is 5.41 Å². The molecule has 0 saturated carbocycles. The number of hydrogen-bond acceptors (Lipinski definition) is 3. The Balaban J connectivity index is 2.47. The summed E-state index contributed by atoms with van der Waals surface area (Å²) in [6, 6.07) is 7.32. The number of ketones is 1. The predicted octanol–water partition coefficient (Wildman–Crippen LogP) is 3.93. The number of allylic oxidation sites excluding steroid dienone is 1. The Kier molecular flexibility index (Phi) is 4.58. The molecule has 21 heavy (non-hydrogen) atoms. The first-order chi connectivity index (χ1) is 9.94. The van der Waals surface area contributed by atoms with Crippen LogP contribution in [0.3, 0.4) is 0 Å². The minimum absolute atomic E-state index is 0.0328. The van der Waals surface area contributed by atoms with E-state index in [1.165, 1.54) is 17.3 Å². The maximum atomic E-state index is 12.8. The Morgan fingerprint density at radius 2 is 2.00 bits per heavy atom. The van der Waals surface area contributed by atoms with Crippen LogP contribution < -0.4 is 0 Å². The van der Waals surface area contributed by atoms with Crippen LogP contribution in [-0.4, -0.2) is 20.5 Å². The lowest BCUT2D eigenvalue weighted by molar-refractivity contribution is -0.121. The highest BCUT2D eigenvalue weighted by Gasteiger charge is 2.29. The van der Waals surface area contributed by atoms with Crippen molar-refractivity contribution in [3.63, 3.8) is 0 Å². The average molecular weight is 304 g/mol. The second kappa shape index (κ2) is 6.22. The number of hydrogen-bond donors (Lipinski definition) is 0. The molecule has 5 heteroatoms. The Hall–Kier alpha value is -1.94. The van der Waals surface area contributed by atoms with E-state index in [2.05, 4.69) is 10.1 Å². The van der Waals surface area contributed by atoms with Gasteiger partial charge in [0.05, 0.1) is 0 Å². The van der Waals surface area contributed by atoms with Gasteiger partial charge in [0.2, 0.25) is 0 Å². The average Bonchev–Trinajstić information content (AvgIpc) is 3.00. The molecule has 0 aliphatic rings. The zero-order chi connectivity index (χ0) is 15.5. The highest BCUT2D eigenvalue weighted by atomic mass is 35.5. The van der Waals surface area contributed by atoms with Crippen LogP contribution >= 0.6 is 11.6 Å². The summed E-state index contributed by atoms with van der Waals surface area (Å²) in [4.78, 5) is 16.7.